The summed E-state index contributed by atoms with van der Waals surface area (Å²) in [5, 5.41) is 18.2. The van der Waals surface area contributed by atoms with Crippen LogP contribution in [0, 0.1) is 6.92 Å². The van der Waals surface area contributed by atoms with Gasteiger partial charge in [0.15, 0.2) is 0 Å². The van der Waals surface area contributed by atoms with Crippen LogP contribution in [0.3, 0.4) is 0 Å². The zero-order chi connectivity index (χ0) is 12.8. The van der Waals surface area contributed by atoms with Gasteiger partial charge in [-0.3, -0.25) is 0 Å². The summed E-state index contributed by atoms with van der Waals surface area (Å²) in [5.41, 5.74) is 1.34. The van der Waals surface area contributed by atoms with Gasteiger partial charge in [0.05, 0.1) is 6.61 Å². The van der Waals surface area contributed by atoms with Crippen LogP contribution >= 0.6 is 0 Å². The number of rotatable bonds is 6. The number of benzene rings is 1. The van der Waals surface area contributed by atoms with E-state index in [-0.39, 0.29) is 0 Å². The highest BCUT2D eigenvalue weighted by Gasteiger charge is 2.13. The second-order valence-electron chi connectivity index (χ2n) is 4.40. The summed E-state index contributed by atoms with van der Waals surface area (Å²) in [6.07, 6.45) is 0.969. The van der Waals surface area contributed by atoms with Crippen LogP contribution in [0.4, 0.5) is 0 Å². The molecule has 0 unspecified atom stereocenters. The Morgan fingerprint density at radius 2 is 2.00 bits per heavy atom. The van der Waals surface area contributed by atoms with Crippen LogP contribution in [0.5, 0.6) is 5.75 Å². The van der Waals surface area contributed by atoms with Gasteiger partial charge in [0.1, 0.15) is 5.75 Å². The van der Waals surface area contributed by atoms with Crippen molar-refractivity contribution in [1.29, 1.82) is 0 Å². The van der Waals surface area contributed by atoms with E-state index in [1.54, 1.807) is 12.1 Å². The summed E-state index contributed by atoms with van der Waals surface area (Å²) in [4.78, 5) is 2.11. The van der Waals surface area contributed by atoms with Gasteiger partial charge in [0, 0.05) is 6.54 Å². The van der Waals surface area contributed by atoms with Crippen molar-refractivity contribution in [2.75, 3.05) is 27.2 Å². The maximum absolute atomic E-state index is 9.08. The minimum Gasteiger partial charge on any atom is -0.494 e. The molecule has 2 N–H and O–H groups in total. The Balaban J connectivity index is 2.47. The molecule has 5 heteroatoms. The third kappa shape index (κ3) is 4.77. The largest absolute Gasteiger partial charge is 0.494 e. The predicted octanol–water partition coefficient (Wildman–Crippen LogP) is 0.00532. The van der Waals surface area contributed by atoms with Gasteiger partial charge < -0.3 is 19.7 Å². The van der Waals surface area contributed by atoms with Crippen molar-refractivity contribution < 1.29 is 14.8 Å². The summed E-state index contributed by atoms with van der Waals surface area (Å²) in [6.45, 7) is 3.49. The lowest BCUT2D eigenvalue weighted by molar-refractivity contribution is 0.281. The van der Waals surface area contributed by atoms with E-state index in [0.717, 1.165) is 24.3 Å². The summed E-state index contributed by atoms with van der Waals surface area (Å²) < 4.78 is 5.58. The average Bonchev–Trinajstić information content (AvgIpc) is 2.23. The Labute approximate surface area is 103 Å². The third-order valence-electron chi connectivity index (χ3n) is 2.54. The summed E-state index contributed by atoms with van der Waals surface area (Å²) in [6, 6.07) is 5.27. The maximum Gasteiger partial charge on any atom is 0.488 e. The van der Waals surface area contributed by atoms with Crippen molar-refractivity contribution >= 4 is 12.6 Å². The van der Waals surface area contributed by atoms with E-state index < -0.39 is 7.12 Å². The Morgan fingerprint density at radius 3 is 2.53 bits per heavy atom. The van der Waals surface area contributed by atoms with Gasteiger partial charge in [-0.1, -0.05) is 6.07 Å². The molecule has 0 aliphatic rings. The van der Waals surface area contributed by atoms with Crippen molar-refractivity contribution in [1.82, 2.24) is 4.90 Å². The van der Waals surface area contributed by atoms with E-state index >= 15 is 0 Å². The molecule has 0 saturated carbocycles. The minimum atomic E-state index is -1.42. The van der Waals surface area contributed by atoms with Crippen LogP contribution in [0.1, 0.15) is 12.0 Å². The lowest BCUT2D eigenvalue weighted by atomic mass is 9.77. The first-order chi connectivity index (χ1) is 8.00. The molecule has 0 heterocycles. The molecule has 0 spiro atoms. The fourth-order valence-electron chi connectivity index (χ4n) is 1.60. The van der Waals surface area contributed by atoms with Crippen LogP contribution in [0.25, 0.3) is 0 Å². The molecule has 0 fully saturated rings. The first-order valence-corrected chi connectivity index (χ1v) is 5.75. The standard InChI is InChI=1S/C12H20BNO3/c1-10-9-11(5-6-12(10)13(15)16)17-8-4-7-14(2)3/h5-6,9,15-16H,4,7-8H2,1-3H3. The Hall–Kier alpha value is -1.04. The Bertz CT molecular complexity index is 356. The second kappa shape index (κ2) is 6.64. The SMILES string of the molecule is Cc1cc(OCCCN(C)C)ccc1B(O)O. The van der Waals surface area contributed by atoms with Gasteiger partial charge in [0.2, 0.25) is 0 Å². The van der Waals surface area contributed by atoms with Crippen molar-refractivity contribution in [2.45, 2.75) is 13.3 Å². The summed E-state index contributed by atoms with van der Waals surface area (Å²) in [5.74, 6) is 0.769. The van der Waals surface area contributed by atoms with Crippen LogP contribution in [0.2, 0.25) is 0 Å². The van der Waals surface area contributed by atoms with Crippen LogP contribution in [0.15, 0.2) is 18.2 Å². The van der Waals surface area contributed by atoms with Crippen LogP contribution < -0.4 is 10.2 Å². The van der Waals surface area contributed by atoms with Gasteiger partial charge in [-0.25, -0.2) is 0 Å². The first-order valence-electron chi connectivity index (χ1n) is 5.75. The highest BCUT2D eigenvalue weighted by molar-refractivity contribution is 6.59. The monoisotopic (exact) mass is 237 g/mol. The third-order valence-corrected chi connectivity index (χ3v) is 2.54. The fraction of sp³-hybridized carbons (Fsp3) is 0.500. The Kier molecular flexibility index (Phi) is 5.48. The zero-order valence-corrected chi connectivity index (χ0v) is 10.7. The molecule has 0 saturated heterocycles. The lowest BCUT2D eigenvalue weighted by Crippen LogP contribution is -2.31. The van der Waals surface area contributed by atoms with Gasteiger partial charge >= 0.3 is 7.12 Å². The van der Waals surface area contributed by atoms with E-state index in [2.05, 4.69) is 4.90 Å². The lowest BCUT2D eigenvalue weighted by Gasteiger charge is -2.12. The van der Waals surface area contributed by atoms with E-state index in [0.29, 0.717) is 12.1 Å². The molecule has 0 aromatic heterocycles. The van der Waals surface area contributed by atoms with Gasteiger partial charge in [-0.2, -0.15) is 0 Å². The average molecular weight is 237 g/mol. The van der Waals surface area contributed by atoms with Gasteiger partial charge in [-0.05, 0) is 50.6 Å². The zero-order valence-electron chi connectivity index (χ0n) is 10.7. The van der Waals surface area contributed by atoms with E-state index in [4.69, 9.17) is 14.8 Å². The fourth-order valence-corrected chi connectivity index (χ4v) is 1.60. The highest BCUT2D eigenvalue weighted by atomic mass is 16.5. The van der Waals surface area contributed by atoms with Gasteiger partial charge in [0.25, 0.3) is 0 Å². The number of ether oxygens (including phenoxy) is 1. The molecule has 0 radical (unpaired) electrons. The maximum atomic E-state index is 9.08. The topological polar surface area (TPSA) is 52.9 Å². The van der Waals surface area contributed by atoms with Crippen LogP contribution in [-0.4, -0.2) is 49.3 Å². The van der Waals surface area contributed by atoms with Gasteiger partial charge in [-0.15, -0.1) is 0 Å². The molecule has 1 aromatic rings. The highest BCUT2D eigenvalue weighted by Crippen LogP contribution is 2.11. The van der Waals surface area contributed by atoms with Crippen LogP contribution in [-0.2, 0) is 0 Å². The molecule has 0 atom stereocenters. The second-order valence-corrected chi connectivity index (χ2v) is 4.40. The quantitative estimate of drug-likeness (QED) is 0.540. The van der Waals surface area contributed by atoms with E-state index in [1.165, 1.54) is 0 Å². The molecule has 1 rings (SSSR count). The molecule has 0 amide bonds. The summed E-state index contributed by atoms with van der Waals surface area (Å²) in [7, 11) is 2.64. The minimum absolute atomic E-state index is 0.519. The number of nitrogens with zero attached hydrogens (tertiary/aromatic N) is 1. The van der Waals surface area contributed by atoms with Crippen molar-refractivity contribution in [3.8, 4) is 5.75 Å². The normalized spacial score (nSPS) is 10.7. The molecular weight excluding hydrogens is 217 g/mol. The predicted molar refractivity (Wildman–Crippen MR) is 69.7 cm³/mol. The molecule has 94 valence electrons. The summed E-state index contributed by atoms with van der Waals surface area (Å²) >= 11 is 0. The smallest absolute Gasteiger partial charge is 0.488 e. The molecule has 0 aliphatic carbocycles. The van der Waals surface area contributed by atoms with Crippen molar-refractivity contribution in [3.05, 3.63) is 23.8 Å². The molecular formula is C12H20BNO3. The van der Waals surface area contributed by atoms with E-state index in [9.17, 15) is 0 Å². The number of hydrogen-bond acceptors (Lipinski definition) is 4. The molecule has 0 bridgehead atoms. The van der Waals surface area contributed by atoms with Crippen molar-refractivity contribution in [2.24, 2.45) is 0 Å². The molecule has 0 aliphatic heterocycles. The number of hydrogen-bond donors (Lipinski definition) is 2. The first kappa shape index (κ1) is 14.0. The Morgan fingerprint density at radius 1 is 1.29 bits per heavy atom. The molecule has 1 aromatic carbocycles. The number of aryl methyl sites for hydroxylation is 1. The van der Waals surface area contributed by atoms with E-state index in [1.807, 2.05) is 27.1 Å². The molecule has 4 nitrogen and oxygen atoms in total. The molecule has 17 heavy (non-hydrogen) atoms. The van der Waals surface area contributed by atoms with Crippen molar-refractivity contribution in [3.63, 3.8) is 0 Å².